The molecule has 2 aromatic heterocycles. The van der Waals surface area contributed by atoms with Crippen molar-refractivity contribution in [3.05, 3.63) is 23.0 Å². The zero-order valence-corrected chi connectivity index (χ0v) is 12.3. The van der Waals surface area contributed by atoms with Crippen molar-refractivity contribution in [2.24, 2.45) is 0 Å². The van der Waals surface area contributed by atoms with Crippen molar-refractivity contribution in [3.8, 4) is 0 Å². The van der Waals surface area contributed by atoms with E-state index in [4.69, 9.17) is 4.18 Å². The molecule has 2 aromatic rings. The number of aliphatic hydroxyl groups excluding tert-OH is 2. The largest absolute Gasteiger partial charge is 0.388 e. The summed E-state index contributed by atoms with van der Waals surface area (Å²) in [6.45, 7) is 0. The lowest BCUT2D eigenvalue weighted by atomic mass is 10.2. The fourth-order valence-electron chi connectivity index (χ4n) is 2.67. The van der Waals surface area contributed by atoms with E-state index in [1.165, 1.54) is 17.2 Å². The summed E-state index contributed by atoms with van der Waals surface area (Å²) in [6, 6.07) is -0.707. The van der Waals surface area contributed by atoms with Gasteiger partial charge in [-0.3, -0.25) is 8.98 Å². The van der Waals surface area contributed by atoms with Crippen molar-refractivity contribution in [1.29, 1.82) is 0 Å². The van der Waals surface area contributed by atoms with E-state index in [-0.39, 0.29) is 17.6 Å². The highest BCUT2D eigenvalue weighted by molar-refractivity contribution is 7.86. The fraction of sp³-hybridized carbons (Fsp3) is 0.545. The van der Waals surface area contributed by atoms with Gasteiger partial charge in [-0.15, -0.1) is 0 Å². The van der Waals surface area contributed by atoms with Gasteiger partial charge in [0.1, 0.15) is 18.3 Å². The van der Waals surface area contributed by atoms with Crippen LogP contribution in [0.4, 0.5) is 0 Å². The van der Waals surface area contributed by atoms with Gasteiger partial charge >= 0.3 is 0 Å². The Balaban J connectivity index is 1.98. The third-order valence-electron chi connectivity index (χ3n) is 3.62. The maximum Gasteiger partial charge on any atom is 0.278 e. The molecule has 1 aliphatic carbocycles. The van der Waals surface area contributed by atoms with E-state index in [1.807, 2.05) is 0 Å². The Morgan fingerprint density at radius 1 is 1.36 bits per heavy atom. The fourth-order valence-corrected chi connectivity index (χ4v) is 3.31. The number of fused-ring (bicyclic) bond motifs is 1. The van der Waals surface area contributed by atoms with Gasteiger partial charge in [0, 0.05) is 6.42 Å². The Morgan fingerprint density at radius 3 is 2.77 bits per heavy atom. The molecule has 3 rings (SSSR count). The first kappa shape index (κ1) is 15.1. The average Bonchev–Trinajstić information content (AvgIpc) is 2.95. The Kier molecular flexibility index (Phi) is 3.51. The molecule has 0 aromatic carbocycles. The number of nitrogens with one attached hydrogen (secondary N) is 1. The minimum absolute atomic E-state index is 0.0370. The van der Waals surface area contributed by atoms with E-state index in [0.29, 0.717) is 0 Å². The lowest BCUT2D eigenvalue weighted by Crippen LogP contribution is -2.33. The number of aliphatic hydroxyl groups is 2. The van der Waals surface area contributed by atoms with E-state index in [2.05, 4.69) is 15.0 Å². The quantitative estimate of drug-likeness (QED) is 0.555. The molecule has 0 amide bonds. The van der Waals surface area contributed by atoms with Crippen LogP contribution in [0, 0.1) is 0 Å². The molecule has 4 atom stereocenters. The molecule has 1 aliphatic rings. The van der Waals surface area contributed by atoms with Gasteiger partial charge in [0.25, 0.3) is 15.7 Å². The average molecular weight is 330 g/mol. The van der Waals surface area contributed by atoms with Gasteiger partial charge in [0.15, 0.2) is 11.2 Å². The normalized spacial score (nSPS) is 29.2. The molecule has 1 fully saturated rings. The summed E-state index contributed by atoms with van der Waals surface area (Å²) in [6.07, 6.45) is -0.303. The summed E-state index contributed by atoms with van der Waals surface area (Å²) >= 11 is 0. The Bertz CT molecular complexity index is 859. The van der Waals surface area contributed by atoms with E-state index in [0.717, 1.165) is 6.26 Å². The molecular formula is C11H14N4O6S. The van der Waals surface area contributed by atoms with Crippen LogP contribution in [0.2, 0.25) is 0 Å². The van der Waals surface area contributed by atoms with Crippen molar-refractivity contribution in [2.75, 3.05) is 6.26 Å². The highest BCUT2D eigenvalue weighted by atomic mass is 32.2. The second kappa shape index (κ2) is 5.12. The summed E-state index contributed by atoms with van der Waals surface area (Å²) in [7, 11) is -3.77. The number of rotatable bonds is 3. The monoisotopic (exact) mass is 330 g/mol. The highest BCUT2D eigenvalue weighted by Gasteiger charge is 2.45. The molecule has 0 aliphatic heterocycles. The zero-order valence-electron chi connectivity index (χ0n) is 11.4. The number of imidazole rings is 1. The number of aromatic nitrogens is 4. The molecule has 3 N–H and O–H groups in total. The van der Waals surface area contributed by atoms with E-state index in [1.54, 1.807) is 0 Å². The number of aromatic amines is 1. The van der Waals surface area contributed by atoms with E-state index < -0.39 is 40.0 Å². The molecule has 0 spiro atoms. The standard InChI is InChI=1S/C11H14N4O6S/c1-22(19,20)21-6-2-5(8(16)9(6)17)15-4-14-7-10(15)12-3-13-11(7)18/h3-6,8-9,16-17H,2H2,1H3,(H,12,13,18)/t5-,6+,8+,9-/m1/s1. The summed E-state index contributed by atoms with van der Waals surface area (Å²) in [5.41, 5.74) is -0.0996. The first-order chi connectivity index (χ1) is 10.3. The van der Waals surface area contributed by atoms with Crippen LogP contribution in [0.15, 0.2) is 17.4 Å². The lowest BCUT2D eigenvalue weighted by molar-refractivity contribution is -0.0144. The maximum atomic E-state index is 11.6. The van der Waals surface area contributed by atoms with Crippen LogP contribution in [-0.4, -0.2) is 62.7 Å². The minimum atomic E-state index is -3.77. The zero-order chi connectivity index (χ0) is 16.1. The van der Waals surface area contributed by atoms with Gasteiger partial charge in [-0.25, -0.2) is 9.97 Å². The molecule has 10 nitrogen and oxygen atoms in total. The van der Waals surface area contributed by atoms with Crippen LogP contribution in [0.3, 0.4) is 0 Å². The van der Waals surface area contributed by atoms with Crippen LogP contribution >= 0.6 is 0 Å². The molecule has 0 saturated heterocycles. The van der Waals surface area contributed by atoms with Crippen LogP contribution < -0.4 is 5.56 Å². The maximum absolute atomic E-state index is 11.6. The molecule has 0 radical (unpaired) electrons. The van der Waals surface area contributed by atoms with Crippen molar-refractivity contribution < 1.29 is 22.8 Å². The summed E-state index contributed by atoms with van der Waals surface area (Å²) in [5.74, 6) is 0. The van der Waals surface area contributed by atoms with Gasteiger partial charge in [0.2, 0.25) is 0 Å². The van der Waals surface area contributed by atoms with Crippen molar-refractivity contribution in [1.82, 2.24) is 19.5 Å². The van der Waals surface area contributed by atoms with Crippen molar-refractivity contribution in [2.45, 2.75) is 30.8 Å². The first-order valence-corrected chi connectivity index (χ1v) is 8.24. The summed E-state index contributed by atoms with van der Waals surface area (Å²) < 4.78 is 28.6. The molecule has 0 bridgehead atoms. The Hall–Kier alpha value is -1.82. The highest BCUT2D eigenvalue weighted by Crippen LogP contribution is 2.34. The van der Waals surface area contributed by atoms with Crippen LogP contribution in [0.25, 0.3) is 11.2 Å². The topological polar surface area (TPSA) is 147 Å². The Morgan fingerprint density at radius 2 is 2.09 bits per heavy atom. The van der Waals surface area contributed by atoms with Gasteiger partial charge in [-0.05, 0) is 0 Å². The number of nitrogens with zero attached hydrogens (tertiary/aromatic N) is 3. The van der Waals surface area contributed by atoms with Crippen LogP contribution in [0.5, 0.6) is 0 Å². The van der Waals surface area contributed by atoms with Gasteiger partial charge < -0.3 is 19.8 Å². The van der Waals surface area contributed by atoms with Crippen molar-refractivity contribution in [3.63, 3.8) is 0 Å². The molecule has 22 heavy (non-hydrogen) atoms. The second-order valence-corrected chi connectivity index (χ2v) is 6.78. The molecule has 120 valence electrons. The van der Waals surface area contributed by atoms with Gasteiger partial charge in [-0.1, -0.05) is 0 Å². The SMILES string of the molecule is CS(=O)(=O)O[C@H]1C[C@@H](n2cnc3c(=O)[nH]cnc32)[C@H](O)[C@@H]1O. The van der Waals surface area contributed by atoms with Gasteiger partial charge in [-0.2, -0.15) is 8.42 Å². The number of H-pyrrole nitrogens is 1. The molecule has 1 saturated carbocycles. The predicted molar refractivity (Wildman–Crippen MR) is 73.5 cm³/mol. The van der Waals surface area contributed by atoms with Crippen LogP contribution in [-0.2, 0) is 14.3 Å². The minimum Gasteiger partial charge on any atom is -0.388 e. The number of hydrogen-bond acceptors (Lipinski definition) is 8. The summed E-state index contributed by atoms with van der Waals surface area (Å²) in [5, 5.41) is 20.1. The number of hydrogen-bond donors (Lipinski definition) is 3. The van der Waals surface area contributed by atoms with Crippen molar-refractivity contribution >= 4 is 21.3 Å². The van der Waals surface area contributed by atoms with E-state index in [9.17, 15) is 23.4 Å². The third-order valence-corrected chi connectivity index (χ3v) is 4.22. The summed E-state index contributed by atoms with van der Waals surface area (Å²) in [4.78, 5) is 21.9. The Labute approximate surface area is 124 Å². The third kappa shape index (κ3) is 2.52. The molecule has 0 unspecified atom stereocenters. The van der Waals surface area contributed by atoms with Gasteiger partial charge in [0.05, 0.1) is 25.0 Å². The van der Waals surface area contributed by atoms with Crippen LogP contribution in [0.1, 0.15) is 12.5 Å². The lowest BCUT2D eigenvalue weighted by Gasteiger charge is -2.17. The second-order valence-electron chi connectivity index (χ2n) is 5.18. The molecule has 11 heteroatoms. The van der Waals surface area contributed by atoms with E-state index >= 15 is 0 Å². The molecular weight excluding hydrogens is 316 g/mol. The first-order valence-electron chi connectivity index (χ1n) is 6.42. The predicted octanol–water partition coefficient (Wildman–Crippen LogP) is -1.87. The molecule has 2 heterocycles. The smallest absolute Gasteiger partial charge is 0.278 e.